The smallest absolute Gasteiger partial charge is 0.243 e. The maximum atomic E-state index is 12.7. The molecule has 0 unspecified atom stereocenters. The Morgan fingerprint density at radius 1 is 0.862 bits per heavy atom. The van der Waals surface area contributed by atoms with Crippen LogP contribution in [0, 0.1) is 0 Å². The van der Waals surface area contributed by atoms with Gasteiger partial charge in [-0.3, -0.25) is 4.79 Å². The Morgan fingerprint density at radius 3 is 2.31 bits per heavy atom. The Hall–Kier alpha value is -2.70. The second kappa shape index (κ2) is 8.35. The molecule has 0 amide bonds. The van der Waals surface area contributed by atoms with Gasteiger partial charge in [0.2, 0.25) is 10.0 Å². The zero-order valence-corrected chi connectivity index (χ0v) is 17.0. The highest BCUT2D eigenvalue weighted by Crippen LogP contribution is 2.23. The summed E-state index contributed by atoms with van der Waals surface area (Å²) in [5, 5.41) is 5.38. The number of carbonyl (C=O) groups is 1. The number of sulfonamides is 1. The van der Waals surface area contributed by atoms with Gasteiger partial charge in [-0.15, -0.1) is 0 Å². The number of nitrogens with zero attached hydrogens (tertiary/aromatic N) is 1. The Bertz CT molecular complexity index is 1110. The van der Waals surface area contributed by atoms with Crippen LogP contribution < -0.4 is 5.32 Å². The van der Waals surface area contributed by atoms with Gasteiger partial charge in [0, 0.05) is 29.7 Å². The molecule has 0 saturated carbocycles. The monoisotopic (exact) mass is 408 g/mol. The van der Waals surface area contributed by atoms with Gasteiger partial charge in [0.25, 0.3) is 0 Å². The van der Waals surface area contributed by atoms with Crippen LogP contribution in [-0.4, -0.2) is 38.1 Å². The maximum absolute atomic E-state index is 12.7. The van der Waals surface area contributed by atoms with Crippen LogP contribution in [0.1, 0.15) is 29.6 Å². The van der Waals surface area contributed by atoms with Gasteiger partial charge in [-0.1, -0.05) is 42.8 Å². The van der Waals surface area contributed by atoms with Gasteiger partial charge >= 0.3 is 0 Å². The highest BCUT2D eigenvalue weighted by molar-refractivity contribution is 7.89. The van der Waals surface area contributed by atoms with Crippen LogP contribution in [0.15, 0.2) is 71.6 Å². The third-order valence-electron chi connectivity index (χ3n) is 5.36. The Labute approximate surface area is 171 Å². The van der Waals surface area contributed by atoms with E-state index >= 15 is 0 Å². The number of nitrogens with one attached hydrogen (secondary N) is 1. The van der Waals surface area contributed by atoms with Crippen molar-refractivity contribution < 1.29 is 13.2 Å². The minimum absolute atomic E-state index is 0.0835. The molecule has 0 atom stereocenters. The molecule has 0 bridgehead atoms. The van der Waals surface area contributed by atoms with E-state index in [2.05, 4.69) is 5.32 Å². The third kappa shape index (κ3) is 4.18. The molecule has 150 valence electrons. The predicted octanol–water partition coefficient (Wildman–Crippen LogP) is 4.31. The largest absolute Gasteiger partial charge is 0.377 e. The van der Waals surface area contributed by atoms with Crippen molar-refractivity contribution in [2.45, 2.75) is 24.2 Å². The normalized spacial score (nSPS) is 15.3. The number of ketones is 1. The molecule has 0 spiro atoms. The molecule has 3 aromatic rings. The molecular weight excluding hydrogens is 384 g/mol. The molecule has 1 fully saturated rings. The molecule has 1 saturated heterocycles. The van der Waals surface area contributed by atoms with Gasteiger partial charge in [-0.25, -0.2) is 8.42 Å². The summed E-state index contributed by atoms with van der Waals surface area (Å²) in [6.45, 7) is 1.28. The molecule has 0 radical (unpaired) electrons. The summed E-state index contributed by atoms with van der Waals surface area (Å²) in [5.74, 6) is -0.0835. The average Bonchev–Trinajstić information content (AvgIpc) is 2.78. The van der Waals surface area contributed by atoms with Crippen LogP contribution in [-0.2, 0) is 10.0 Å². The van der Waals surface area contributed by atoms with E-state index in [9.17, 15) is 13.2 Å². The number of fused-ring (bicyclic) bond motifs is 1. The molecular formula is C23H24N2O3S. The molecule has 4 rings (SSSR count). The van der Waals surface area contributed by atoms with E-state index in [1.54, 1.807) is 12.1 Å². The molecule has 29 heavy (non-hydrogen) atoms. The van der Waals surface area contributed by atoms with Crippen molar-refractivity contribution >= 4 is 32.3 Å². The summed E-state index contributed by atoms with van der Waals surface area (Å²) in [6, 6.07) is 20.2. The van der Waals surface area contributed by atoms with E-state index < -0.39 is 10.0 Å². The Morgan fingerprint density at radius 2 is 1.55 bits per heavy atom. The molecule has 0 aliphatic carbocycles. The molecule has 5 nitrogen and oxygen atoms in total. The van der Waals surface area contributed by atoms with E-state index in [-0.39, 0.29) is 17.2 Å². The zero-order chi connectivity index (χ0) is 20.3. The number of hydrogen-bond donors (Lipinski definition) is 1. The quantitative estimate of drug-likeness (QED) is 0.617. The molecule has 6 heteroatoms. The molecule has 1 aliphatic heterocycles. The Kier molecular flexibility index (Phi) is 5.65. The van der Waals surface area contributed by atoms with Crippen LogP contribution in [0.4, 0.5) is 5.69 Å². The van der Waals surface area contributed by atoms with Crippen molar-refractivity contribution in [3.8, 4) is 0 Å². The summed E-state index contributed by atoms with van der Waals surface area (Å²) >= 11 is 0. The first-order valence-electron chi connectivity index (χ1n) is 9.91. The molecule has 0 aromatic heterocycles. The van der Waals surface area contributed by atoms with Crippen LogP contribution in [0.5, 0.6) is 0 Å². The van der Waals surface area contributed by atoms with E-state index in [4.69, 9.17) is 0 Å². The van der Waals surface area contributed by atoms with Crippen molar-refractivity contribution in [3.05, 3.63) is 72.3 Å². The van der Waals surface area contributed by atoms with Crippen molar-refractivity contribution in [1.82, 2.24) is 4.31 Å². The van der Waals surface area contributed by atoms with Crippen LogP contribution in [0.3, 0.4) is 0 Å². The van der Waals surface area contributed by atoms with Gasteiger partial charge in [-0.05, 0) is 48.6 Å². The van der Waals surface area contributed by atoms with Crippen LogP contribution in [0.25, 0.3) is 10.8 Å². The second-order valence-electron chi connectivity index (χ2n) is 7.29. The van der Waals surface area contributed by atoms with Crippen molar-refractivity contribution in [2.24, 2.45) is 0 Å². The lowest BCUT2D eigenvalue weighted by Gasteiger charge is -2.25. The van der Waals surface area contributed by atoms with Gasteiger partial charge in [0.15, 0.2) is 5.78 Å². The van der Waals surface area contributed by atoms with E-state index in [1.165, 1.54) is 16.4 Å². The number of anilines is 1. The highest BCUT2D eigenvalue weighted by atomic mass is 32.2. The molecule has 1 heterocycles. The molecule has 3 aromatic carbocycles. The fourth-order valence-electron chi connectivity index (χ4n) is 3.72. The van der Waals surface area contributed by atoms with Crippen LogP contribution in [0.2, 0.25) is 0 Å². The first-order chi connectivity index (χ1) is 14.1. The third-order valence-corrected chi connectivity index (χ3v) is 7.27. The van der Waals surface area contributed by atoms with Gasteiger partial charge < -0.3 is 5.32 Å². The lowest BCUT2D eigenvalue weighted by molar-refractivity contribution is 0.101. The first-order valence-corrected chi connectivity index (χ1v) is 11.3. The first kappa shape index (κ1) is 19.6. The standard InChI is InChI=1S/C23H24N2O3S/c26-23(17-24-22-10-6-8-18-7-2-3-9-21(18)22)19-11-13-20(14-12-19)29(27,28)25-15-4-1-5-16-25/h2-3,6-14,24H,1,4-5,15-17H2. The zero-order valence-electron chi connectivity index (χ0n) is 16.2. The summed E-state index contributed by atoms with van der Waals surface area (Å²) in [5.41, 5.74) is 1.40. The SMILES string of the molecule is O=C(CNc1cccc2ccccc12)c1ccc(S(=O)(=O)N2CCCCC2)cc1. The number of benzene rings is 3. The van der Waals surface area contributed by atoms with Gasteiger partial charge in [0.05, 0.1) is 11.4 Å². The van der Waals surface area contributed by atoms with Crippen molar-refractivity contribution in [3.63, 3.8) is 0 Å². The summed E-state index contributed by atoms with van der Waals surface area (Å²) in [6.07, 6.45) is 2.87. The topological polar surface area (TPSA) is 66.5 Å². The number of Topliss-reactive ketones (excluding diaryl/α,β-unsaturated/α-hetero) is 1. The van der Waals surface area contributed by atoms with Gasteiger partial charge in [-0.2, -0.15) is 4.31 Å². The highest BCUT2D eigenvalue weighted by Gasteiger charge is 2.25. The lowest BCUT2D eigenvalue weighted by atomic mass is 10.1. The number of hydrogen-bond acceptors (Lipinski definition) is 4. The minimum Gasteiger partial charge on any atom is -0.377 e. The summed E-state index contributed by atoms with van der Waals surface area (Å²) in [4.78, 5) is 12.8. The van der Waals surface area contributed by atoms with Crippen molar-refractivity contribution in [1.29, 1.82) is 0 Å². The molecule has 1 aliphatic rings. The average molecular weight is 409 g/mol. The number of rotatable bonds is 6. The van der Waals surface area contributed by atoms with E-state index in [0.717, 1.165) is 35.7 Å². The van der Waals surface area contributed by atoms with Gasteiger partial charge in [0.1, 0.15) is 0 Å². The summed E-state index contributed by atoms with van der Waals surface area (Å²) in [7, 11) is -3.48. The van der Waals surface area contributed by atoms with Crippen molar-refractivity contribution in [2.75, 3.05) is 25.0 Å². The fraction of sp³-hybridized carbons (Fsp3) is 0.261. The summed E-state index contributed by atoms with van der Waals surface area (Å²) < 4.78 is 27.0. The number of carbonyl (C=O) groups excluding carboxylic acids is 1. The van der Waals surface area contributed by atoms with E-state index in [1.807, 2.05) is 42.5 Å². The Balaban J connectivity index is 1.45. The second-order valence-corrected chi connectivity index (χ2v) is 9.23. The minimum atomic E-state index is -3.48. The predicted molar refractivity (Wildman–Crippen MR) is 116 cm³/mol. The lowest BCUT2D eigenvalue weighted by Crippen LogP contribution is -2.35. The maximum Gasteiger partial charge on any atom is 0.243 e. The van der Waals surface area contributed by atoms with E-state index in [0.29, 0.717) is 18.7 Å². The molecule has 1 N–H and O–H groups in total. The van der Waals surface area contributed by atoms with Crippen LogP contribution >= 0.6 is 0 Å². The fourth-order valence-corrected chi connectivity index (χ4v) is 5.24. The number of piperidine rings is 1.